The number of benzene rings is 2. The summed E-state index contributed by atoms with van der Waals surface area (Å²) in [6, 6.07) is 12.7. The summed E-state index contributed by atoms with van der Waals surface area (Å²) < 4.78 is 32.6. The molecular formula is C19H19BrN2O3S. The molecule has 3 rings (SSSR count). The van der Waals surface area contributed by atoms with Crippen LogP contribution < -0.4 is 4.74 Å². The Kier molecular flexibility index (Phi) is 5.48. The summed E-state index contributed by atoms with van der Waals surface area (Å²) in [6.07, 6.45) is 3.63. The fourth-order valence-electron chi connectivity index (χ4n) is 2.59. The highest BCUT2D eigenvalue weighted by atomic mass is 79.9. The zero-order valence-electron chi connectivity index (χ0n) is 14.5. The van der Waals surface area contributed by atoms with Crippen LogP contribution in [0.3, 0.4) is 0 Å². The molecule has 0 spiro atoms. The minimum Gasteiger partial charge on any atom is -0.456 e. The van der Waals surface area contributed by atoms with Crippen LogP contribution in [0, 0.1) is 6.92 Å². The summed E-state index contributed by atoms with van der Waals surface area (Å²) in [6.45, 7) is 4.19. The second-order valence-corrected chi connectivity index (χ2v) is 9.00. The maximum atomic E-state index is 12.0. The van der Waals surface area contributed by atoms with Crippen LogP contribution in [-0.4, -0.2) is 24.0 Å². The molecule has 0 atom stereocenters. The third kappa shape index (κ3) is 3.99. The van der Waals surface area contributed by atoms with E-state index in [0.717, 1.165) is 16.9 Å². The van der Waals surface area contributed by atoms with E-state index in [2.05, 4.69) is 21.0 Å². The van der Waals surface area contributed by atoms with Crippen LogP contribution in [-0.2, 0) is 16.4 Å². The molecule has 26 heavy (non-hydrogen) atoms. The van der Waals surface area contributed by atoms with E-state index in [-0.39, 0.29) is 10.6 Å². The monoisotopic (exact) mass is 434 g/mol. The maximum Gasteiger partial charge on any atom is 0.178 e. The molecule has 0 amide bonds. The predicted molar refractivity (Wildman–Crippen MR) is 104 cm³/mol. The standard InChI is InChI=1S/C19H19BrN2O3S/c1-3-26(23,24)16-8-9-18(17(20)12-16)25-19-14(2)6-4-7-15(19)13-22-11-5-10-21-22/h4-12H,3,13H2,1-2H3. The molecule has 0 radical (unpaired) electrons. The van der Waals surface area contributed by atoms with Crippen molar-refractivity contribution in [2.75, 3.05) is 5.75 Å². The minimum absolute atomic E-state index is 0.0610. The van der Waals surface area contributed by atoms with Gasteiger partial charge >= 0.3 is 0 Å². The largest absolute Gasteiger partial charge is 0.456 e. The highest BCUT2D eigenvalue weighted by molar-refractivity contribution is 9.10. The normalized spacial score (nSPS) is 11.5. The van der Waals surface area contributed by atoms with Crippen molar-refractivity contribution in [2.45, 2.75) is 25.3 Å². The molecule has 3 aromatic rings. The average molecular weight is 435 g/mol. The van der Waals surface area contributed by atoms with Gasteiger partial charge in [-0.25, -0.2) is 8.42 Å². The lowest BCUT2D eigenvalue weighted by molar-refractivity contribution is 0.465. The lowest BCUT2D eigenvalue weighted by Crippen LogP contribution is -2.05. The zero-order chi connectivity index (χ0) is 18.7. The quantitative estimate of drug-likeness (QED) is 0.569. The van der Waals surface area contributed by atoms with Crippen molar-refractivity contribution < 1.29 is 13.2 Å². The van der Waals surface area contributed by atoms with E-state index in [1.54, 1.807) is 31.3 Å². The first-order valence-electron chi connectivity index (χ1n) is 8.17. The molecule has 0 aliphatic carbocycles. The number of sulfone groups is 1. The van der Waals surface area contributed by atoms with Crippen LogP contribution in [0.4, 0.5) is 0 Å². The molecule has 0 saturated carbocycles. The molecule has 0 aliphatic rings. The minimum atomic E-state index is -3.26. The predicted octanol–water partition coefficient (Wildman–Crippen LogP) is 4.59. The third-order valence-corrected chi connectivity index (χ3v) is 6.39. The lowest BCUT2D eigenvalue weighted by atomic mass is 10.1. The van der Waals surface area contributed by atoms with Crippen LogP contribution in [0.1, 0.15) is 18.1 Å². The van der Waals surface area contributed by atoms with Crippen molar-refractivity contribution in [1.29, 1.82) is 0 Å². The van der Waals surface area contributed by atoms with E-state index in [9.17, 15) is 8.42 Å². The number of hydrogen-bond acceptors (Lipinski definition) is 4. The topological polar surface area (TPSA) is 61.2 Å². The maximum absolute atomic E-state index is 12.0. The zero-order valence-corrected chi connectivity index (χ0v) is 16.9. The molecule has 136 valence electrons. The van der Waals surface area contributed by atoms with Gasteiger partial charge in [-0.3, -0.25) is 4.68 Å². The van der Waals surface area contributed by atoms with E-state index >= 15 is 0 Å². The molecule has 0 unspecified atom stereocenters. The first kappa shape index (κ1) is 18.7. The Bertz CT molecular complexity index is 1020. The van der Waals surface area contributed by atoms with E-state index in [1.165, 1.54) is 0 Å². The van der Waals surface area contributed by atoms with Gasteiger partial charge in [0, 0.05) is 18.0 Å². The number of aryl methyl sites for hydroxylation is 1. The van der Waals surface area contributed by atoms with Crippen molar-refractivity contribution in [3.05, 3.63) is 70.5 Å². The highest BCUT2D eigenvalue weighted by Gasteiger charge is 2.16. The fraction of sp³-hybridized carbons (Fsp3) is 0.211. The number of ether oxygens (including phenoxy) is 1. The molecule has 5 nitrogen and oxygen atoms in total. The van der Waals surface area contributed by atoms with Gasteiger partial charge in [-0.05, 0) is 52.7 Å². The smallest absolute Gasteiger partial charge is 0.178 e. The molecule has 0 fully saturated rings. The van der Waals surface area contributed by atoms with E-state index in [1.807, 2.05) is 42.1 Å². The van der Waals surface area contributed by atoms with Crippen LogP contribution in [0.5, 0.6) is 11.5 Å². The second-order valence-electron chi connectivity index (χ2n) is 5.86. The number of hydrogen-bond donors (Lipinski definition) is 0. The van der Waals surface area contributed by atoms with Gasteiger partial charge < -0.3 is 4.74 Å². The number of nitrogens with zero attached hydrogens (tertiary/aromatic N) is 2. The second kappa shape index (κ2) is 7.63. The lowest BCUT2D eigenvalue weighted by Gasteiger charge is -2.15. The Hall–Kier alpha value is -2.12. The SMILES string of the molecule is CCS(=O)(=O)c1ccc(Oc2c(C)cccc2Cn2cccn2)c(Br)c1. The summed E-state index contributed by atoms with van der Waals surface area (Å²) in [4.78, 5) is 0.278. The summed E-state index contributed by atoms with van der Waals surface area (Å²) in [5, 5.41) is 4.24. The number of aromatic nitrogens is 2. The van der Waals surface area contributed by atoms with Crippen molar-refractivity contribution >= 4 is 25.8 Å². The van der Waals surface area contributed by atoms with Crippen LogP contribution in [0.2, 0.25) is 0 Å². The number of halogens is 1. The molecule has 1 aromatic heterocycles. The molecule has 1 heterocycles. The highest BCUT2D eigenvalue weighted by Crippen LogP contribution is 2.35. The van der Waals surface area contributed by atoms with Crippen LogP contribution in [0.25, 0.3) is 0 Å². The Balaban J connectivity index is 1.94. The van der Waals surface area contributed by atoms with Gasteiger partial charge in [0.15, 0.2) is 9.84 Å². The first-order chi connectivity index (χ1) is 12.4. The first-order valence-corrected chi connectivity index (χ1v) is 10.6. The van der Waals surface area contributed by atoms with E-state index in [4.69, 9.17) is 4.74 Å². The van der Waals surface area contributed by atoms with Gasteiger partial charge in [0.25, 0.3) is 0 Å². The Morgan fingerprint density at radius 2 is 2.00 bits per heavy atom. The Morgan fingerprint density at radius 3 is 2.65 bits per heavy atom. The van der Waals surface area contributed by atoms with Crippen molar-refractivity contribution in [3.63, 3.8) is 0 Å². The summed E-state index contributed by atoms with van der Waals surface area (Å²) >= 11 is 3.43. The van der Waals surface area contributed by atoms with E-state index in [0.29, 0.717) is 16.8 Å². The summed E-state index contributed by atoms with van der Waals surface area (Å²) in [5.41, 5.74) is 1.98. The molecular weight excluding hydrogens is 416 g/mol. The molecule has 7 heteroatoms. The van der Waals surface area contributed by atoms with Crippen molar-refractivity contribution in [3.8, 4) is 11.5 Å². The average Bonchev–Trinajstić information content (AvgIpc) is 3.12. The molecule has 2 aromatic carbocycles. The van der Waals surface area contributed by atoms with Gasteiger partial charge in [0.05, 0.1) is 21.7 Å². The third-order valence-electron chi connectivity index (χ3n) is 4.04. The van der Waals surface area contributed by atoms with Crippen molar-refractivity contribution in [1.82, 2.24) is 9.78 Å². The Morgan fingerprint density at radius 1 is 1.19 bits per heavy atom. The Labute approximate surface area is 161 Å². The molecule has 0 saturated heterocycles. The van der Waals surface area contributed by atoms with E-state index < -0.39 is 9.84 Å². The molecule has 0 aliphatic heterocycles. The van der Waals surface area contributed by atoms with Gasteiger partial charge in [0.1, 0.15) is 11.5 Å². The summed E-state index contributed by atoms with van der Waals surface area (Å²) in [5.74, 6) is 1.37. The van der Waals surface area contributed by atoms with Gasteiger partial charge in [-0.15, -0.1) is 0 Å². The van der Waals surface area contributed by atoms with Crippen molar-refractivity contribution in [2.24, 2.45) is 0 Å². The van der Waals surface area contributed by atoms with Gasteiger partial charge in [0.2, 0.25) is 0 Å². The number of rotatable bonds is 6. The molecule has 0 N–H and O–H groups in total. The summed E-state index contributed by atoms with van der Waals surface area (Å²) in [7, 11) is -3.26. The fourth-order valence-corrected chi connectivity index (χ4v) is 4.10. The van der Waals surface area contributed by atoms with Crippen LogP contribution in [0.15, 0.2) is 64.2 Å². The van der Waals surface area contributed by atoms with Gasteiger partial charge in [-0.2, -0.15) is 5.10 Å². The molecule has 0 bridgehead atoms. The van der Waals surface area contributed by atoms with Gasteiger partial charge in [-0.1, -0.05) is 25.1 Å². The number of para-hydroxylation sites is 1. The van der Waals surface area contributed by atoms with Crippen LogP contribution >= 0.6 is 15.9 Å².